The van der Waals surface area contributed by atoms with E-state index >= 15 is 0 Å². The van der Waals surface area contributed by atoms with E-state index in [1.807, 2.05) is 0 Å². The number of rotatable bonds is 3. The molecule has 3 aliphatic rings. The third-order valence-corrected chi connectivity index (χ3v) is 5.69. The number of amidine groups is 1. The van der Waals surface area contributed by atoms with E-state index in [1.165, 1.54) is 42.1 Å². The summed E-state index contributed by atoms with van der Waals surface area (Å²) in [6.07, 6.45) is 5.10. The van der Waals surface area contributed by atoms with Gasteiger partial charge in [0.15, 0.2) is 5.17 Å². The van der Waals surface area contributed by atoms with Gasteiger partial charge in [-0.1, -0.05) is 48.9 Å². The van der Waals surface area contributed by atoms with Crippen LogP contribution in [-0.4, -0.2) is 28.1 Å². The third kappa shape index (κ3) is 2.78. The predicted molar refractivity (Wildman–Crippen MR) is 94.8 cm³/mol. The van der Waals surface area contributed by atoms with E-state index in [2.05, 4.69) is 39.9 Å². The minimum atomic E-state index is 0.00485. The van der Waals surface area contributed by atoms with Crippen molar-refractivity contribution in [2.24, 2.45) is 4.99 Å². The molecule has 0 unspecified atom stereocenters. The molecule has 0 saturated heterocycles. The molecule has 1 N–H and O–H groups in total. The fourth-order valence-electron chi connectivity index (χ4n) is 3.65. The van der Waals surface area contributed by atoms with E-state index in [4.69, 9.17) is 4.99 Å². The first-order valence-electron chi connectivity index (χ1n) is 8.30. The summed E-state index contributed by atoms with van der Waals surface area (Å²) in [5.41, 5.74) is 3.65. The van der Waals surface area contributed by atoms with Gasteiger partial charge in [-0.2, -0.15) is 0 Å². The fraction of sp³-hybridized carbons (Fsp3) is 0.444. The molecular formula is C18H21N3OS. The van der Waals surface area contributed by atoms with Gasteiger partial charge in [-0.15, -0.1) is 0 Å². The van der Waals surface area contributed by atoms with Gasteiger partial charge in [-0.05, 0) is 24.0 Å². The Labute approximate surface area is 141 Å². The molecular weight excluding hydrogens is 306 g/mol. The average molecular weight is 327 g/mol. The Balaban J connectivity index is 1.52. The second kappa shape index (κ2) is 6.04. The molecule has 1 aliphatic carbocycles. The van der Waals surface area contributed by atoms with Gasteiger partial charge in [-0.3, -0.25) is 9.79 Å². The molecule has 4 rings (SSSR count). The Kier molecular flexibility index (Phi) is 3.89. The largest absolute Gasteiger partial charge is 0.352 e. The van der Waals surface area contributed by atoms with Crippen LogP contribution < -0.4 is 5.32 Å². The molecule has 2 heterocycles. The van der Waals surface area contributed by atoms with E-state index in [-0.39, 0.29) is 5.91 Å². The highest BCUT2D eigenvalue weighted by Gasteiger charge is 2.41. The molecule has 23 heavy (non-hydrogen) atoms. The highest BCUT2D eigenvalue weighted by molar-refractivity contribution is 8.16. The van der Waals surface area contributed by atoms with E-state index in [0.29, 0.717) is 18.6 Å². The quantitative estimate of drug-likeness (QED) is 0.926. The van der Waals surface area contributed by atoms with Crippen molar-refractivity contribution in [3.8, 4) is 0 Å². The molecule has 1 aromatic carbocycles. The lowest BCUT2D eigenvalue weighted by molar-refractivity contribution is -0.119. The fourth-order valence-corrected chi connectivity index (χ4v) is 4.66. The van der Waals surface area contributed by atoms with Gasteiger partial charge in [0.1, 0.15) is 0 Å². The Hall–Kier alpha value is -1.75. The summed E-state index contributed by atoms with van der Waals surface area (Å²) in [5.74, 6) is 0.00485. The molecule has 1 amide bonds. The zero-order valence-electron chi connectivity index (χ0n) is 13.3. The van der Waals surface area contributed by atoms with Crippen LogP contribution in [0.4, 0.5) is 0 Å². The third-order valence-electron chi connectivity index (χ3n) is 4.83. The van der Waals surface area contributed by atoms with Gasteiger partial charge in [0, 0.05) is 18.9 Å². The number of nitrogens with one attached hydrogen (secondary N) is 1. The molecule has 4 nitrogen and oxygen atoms in total. The van der Waals surface area contributed by atoms with Crippen LogP contribution in [0.2, 0.25) is 0 Å². The van der Waals surface area contributed by atoms with E-state index in [9.17, 15) is 4.79 Å². The topological polar surface area (TPSA) is 44.7 Å². The highest BCUT2D eigenvalue weighted by Crippen LogP contribution is 2.43. The van der Waals surface area contributed by atoms with Crippen molar-refractivity contribution < 1.29 is 4.79 Å². The number of carbonyl (C=O) groups excluding carboxylic acids is 1. The molecule has 2 atom stereocenters. The van der Waals surface area contributed by atoms with Gasteiger partial charge in [0.25, 0.3) is 0 Å². The number of benzene rings is 1. The first kappa shape index (κ1) is 14.8. The molecule has 1 saturated carbocycles. The molecule has 1 fully saturated rings. The van der Waals surface area contributed by atoms with Crippen LogP contribution in [0, 0.1) is 0 Å². The summed E-state index contributed by atoms with van der Waals surface area (Å²) in [4.78, 5) is 18.4. The minimum Gasteiger partial charge on any atom is -0.352 e. The Morgan fingerprint density at radius 2 is 2.09 bits per heavy atom. The lowest BCUT2D eigenvalue weighted by Gasteiger charge is -2.32. The molecule has 1 aromatic rings. The molecule has 0 aromatic heterocycles. The monoisotopic (exact) mass is 327 g/mol. The summed E-state index contributed by atoms with van der Waals surface area (Å²) >= 11 is 1.76. The average Bonchev–Trinajstić information content (AvgIpc) is 3.12. The van der Waals surface area contributed by atoms with Gasteiger partial charge in [-0.25, -0.2) is 0 Å². The normalized spacial score (nSPS) is 25.5. The molecule has 0 radical (unpaired) electrons. The zero-order chi connectivity index (χ0) is 15.8. The minimum absolute atomic E-state index is 0.00485. The number of carbonyl (C=O) groups is 1. The van der Waals surface area contributed by atoms with E-state index < -0.39 is 0 Å². The predicted octanol–water partition coefficient (Wildman–Crippen LogP) is 3.35. The number of fused-ring (bicyclic) bond motifs is 3. The number of nitrogens with zero attached hydrogens (tertiary/aromatic N) is 2. The van der Waals surface area contributed by atoms with Crippen LogP contribution in [0.3, 0.4) is 0 Å². The Morgan fingerprint density at radius 1 is 1.30 bits per heavy atom. The van der Waals surface area contributed by atoms with Crippen molar-refractivity contribution in [1.82, 2.24) is 10.2 Å². The second-order valence-electron chi connectivity index (χ2n) is 6.43. The Morgan fingerprint density at radius 3 is 2.87 bits per heavy atom. The maximum atomic E-state index is 11.0. The Bertz CT molecular complexity index is 680. The highest BCUT2D eigenvalue weighted by atomic mass is 32.2. The molecule has 0 bridgehead atoms. The van der Waals surface area contributed by atoms with Crippen LogP contribution in [0.15, 0.2) is 34.7 Å². The number of amides is 1. The van der Waals surface area contributed by atoms with Crippen LogP contribution in [0.25, 0.3) is 5.70 Å². The molecule has 5 heteroatoms. The standard InChI is InChI=1S/C18H21N3OS/c1-12(22)19-10-13-6-8-14(9-7-13)17-11-23-18-20-15-4-2-3-5-16(15)21(17)18/h6-9,11,15-16H,2-5,10H2,1H3,(H,19,22)/t15-,16+/m1/s1. The van der Waals surface area contributed by atoms with E-state index in [1.54, 1.807) is 18.7 Å². The maximum Gasteiger partial charge on any atom is 0.217 e. The van der Waals surface area contributed by atoms with Gasteiger partial charge in [0.05, 0.1) is 17.8 Å². The first-order chi connectivity index (χ1) is 11.2. The summed E-state index contributed by atoms with van der Waals surface area (Å²) < 4.78 is 0. The van der Waals surface area contributed by atoms with E-state index in [0.717, 1.165) is 5.56 Å². The molecule has 0 spiro atoms. The summed E-state index contributed by atoms with van der Waals surface area (Å²) in [7, 11) is 0. The van der Waals surface area contributed by atoms with Crippen molar-refractivity contribution >= 4 is 28.5 Å². The van der Waals surface area contributed by atoms with Crippen molar-refractivity contribution in [1.29, 1.82) is 0 Å². The number of aliphatic imine (C=N–C) groups is 1. The molecule has 120 valence electrons. The second-order valence-corrected chi connectivity index (χ2v) is 7.26. The number of hydrogen-bond donors (Lipinski definition) is 1. The summed E-state index contributed by atoms with van der Waals surface area (Å²) in [5, 5.41) is 6.25. The van der Waals surface area contributed by atoms with Gasteiger partial charge < -0.3 is 10.2 Å². The number of thioether (sulfide) groups is 1. The van der Waals surface area contributed by atoms with Crippen molar-refractivity contribution in [3.63, 3.8) is 0 Å². The van der Waals surface area contributed by atoms with Crippen LogP contribution in [-0.2, 0) is 11.3 Å². The summed E-state index contributed by atoms with van der Waals surface area (Å²) in [6.45, 7) is 2.13. The van der Waals surface area contributed by atoms with Crippen LogP contribution >= 0.6 is 11.8 Å². The van der Waals surface area contributed by atoms with Crippen LogP contribution in [0.5, 0.6) is 0 Å². The maximum absolute atomic E-state index is 11.0. The molecule has 2 aliphatic heterocycles. The smallest absolute Gasteiger partial charge is 0.217 e. The van der Waals surface area contributed by atoms with Crippen molar-refractivity contribution in [2.45, 2.75) is 51.2 Å². The van der Waals surface area contributed by atoms with Crippen molar-refractivity contribution in [3.05, 3.63) is 40.8 Å². The SMILES string of the molecule is CC(=O)NCc1ccc(C2=CSC3=N[C@@H]4CCCC[C@@H]4N23)cc1. The zero-order valence-corrected chi connectivity index (χ0v) is 14.1. The summed E-state index contributed by atoms with van der Waals surface area (Å²) in [6, 6.07) is 9.56. The van der Waals surface area contributed by atoms with Gasteiger partial charge in [0.2, 0.25) is 5.91 Å². The first-order valence-corrected chi connectivity index (χ1v) is 9.18. The lowest BCUT2D eigenvalue weighted by atomic mass is 9.90. The van der Waals surface area contributed by atoms with Crippen LogP contribution in [0.1, 0.15) is 43.7 Å². The lowest BCUT2D eigenvalue weighted by Crippen LogP contribution is -2.38. The van der Waals surface area contributed by atoms with Crippen molar-refractivity contribution in [2.75, 3.05) is 0 Å². The number of hydrogen-bond acceptors (Lipinski definition) is 4. The van der Waals surface area contributed by atoms with Gasteiger partial charge >= 0.3 is 0 Å².